The van der Waals surface area contributed by atoms with Gasteiger partial charge in [-0.3, -0.25) is 10.1 Å². The largest absolute Gasteiger partial charge is 0.465 e. The molecule has 1 aliphatic heterocycles. The number of rotatable bonds is 6. The Morgan fingerprint density at radius 3 is 2.39 bits per heavy atom. The van der Waals surface area contributed by atoms with Crippen LogP contribution in [0.15, 0.2) is 53.9 Å². The van der Waals surface area contributed by atoms with E-state index in [4.69, 9.17) is 0 Å². The van der Waals surface area contributed by atoms with E-state index in [-0.39, 0.29) is 11.3 Å². The van der Waals surface area contributed by atoms with Crippen LogP contribution < -0.4 is 9.64 Å². The van der Waals surface area contributed by atoms with Crippen molar-refractivity contribution in [1.82, 2.24) is 0 Å². The predicted molar refractivity (Wildman–Crippen MR) is 91.5 cm³/mol. The summed E-state index contributed by atoms with van der Waals surface area (Å²) in [7, 11) is 2.13. The number of nitro groups is 1. The number of alkyl halides is 2. The number of nitro benzene ring substituents is 1. The number of carbonyl (C=O) groups is 2. The van der Waals surface area contributed by atoms with Crippen LogP contribution in [0.3, 0.4) is 0 Å². The molecular formula is C17H14F2N2O7. The van der Waals surface area contributed by atoms with E-state index in [1.54, 1.807) is 0 Å². The molecule has 0 fully saturated rings. The highest BCUT2D eigenvalue weighted by Gasteiger charge is 2.30. The predicted octanol–water partition coefficient (Wildman–Crippen LogP) is 2.69. The molecule has 0 saturated heterocycles. The average Bonchev–Trinajstić information content (AvgIpc) is 2.89. The molecule has 0 aromatic heterocycles. The van der Waals surface area contributed by atoms with Gasteiger partial charge in [0.2, 0.25) is 0 Å². The normalized spacial score (nSPS) is 13.4. The average molecular weight is 396 g/mol. The van der Waals surface area contributed by atoms with E-state index in [1.807, 2.05) is 0 Å². The first-order chi connectivity index (χ1) is 13.3. The van der Waals surface area contributed by atoms with Crippen LogP contribution in [0, 0.1) is 10.1 Å². The van der Waals surface area contributed by atoms with Crippen molar-refractivity contribution >= 4 is 23.3 Å². The van der Waals surface area contributed by atoms with Gasteiger partial charge in [-0.15, -0.1) is 0 Å². The summed E-state index contributed by atoms with van der Waals surface area (Å²) in [6.07, 6.45) is 5.25. The van der Waals surface area contributed by atoms with Gasteiger partial charge in [0.25, 0.3) is 5.69 Å². The minimum atomic E-state index is -3.24. The van der Waals surface area contributed by atoms with Gasteiger partial charge in [0.05, 0.1) is 30.4 Å². The number of esters is 2. The third-order valence-corrected chi connectivity index (χ3v) is 3.52. The number of nitrogens with zero attached hydrogens (tertiary/aromatic N) is 2. The number of methoxy groups -OCH3 is 2. The molecule has 148 valence electrons. The molecule has 0 unspecified atom stereocenters. The molecule has 0 N–H and O–H groups in total. The first kappa shape index (κ1) is 20.6. The molecule has 1 aliphatic rings. The third-order valence-electron chi connectivity index (χ3n) is 3.52. The van der Waals surface area contributed by atoms with Crippen LogP contribution in [0.1, 0.15) is 0 Å². The van der Waals surface area contributed by atoms with Crippen LogP contribution in [-0.2, 0) is 19.1 Å². The van der Waals surface area contributed by atoms with Crippen molar-refractivity contribution in [1.29, 1.82) is 0 Å². The number of hydrogen-bond donors (Lipinski definition) is 0. The third kappa shape index (κ3) is 4.31. The van der Waals surface area contributed by atoms with Gasteiger partial charge in [-0.1, -0.05) is 6.08 Å². The molecule has 1 heterocycles. The summed E-state index contributed by atoms with van der Waals surface area (Å²) in [6, 6.07) is 2.84. The molecular weight excluding hydrogens is 382 g/mol. The van der Waals surface area contributed by atoms with Gasteiger partial charge < -0.3 is 19.1 Å². The molecule has 0 atom stereocenters. The fourth-order valence-corrected chi connectivity index (χ4v) is 2.35. The fraction of sp³-hybridized carbons (Fsp3) is 0.176. The van der Waals surface area contributed by atoms with E-state index < -0.39 is 40.6 Å². The van der Waals surface area contributed by atoms with E-state index in [1.165, 1.54) is 24.4 Å². The number of carbonyl (C=O) groups excluding carboxylic acids is 2. The Morgan fingerprint density at radius 1 is 1.14 bits per heavy atom. The molecule has 0 amide bonds. The molecule has 0 bridgehead atoms. The van der Waals surface area contributed by atoms with Crippen molar-refractivity contribution in [2.45, 2.75) is 6.61 Å². The number of allylic oxidation sites excluding steroid dienone is 2. The second-order valence-electron chi connectivity index (χ2n) is 5.10. The van der Waals surface area contributed by atoms with E-state index >= 15 is 0 Å². The Hall–Kier alpha value is -3.76. The summed E-state index contributed by atoms with van der Waals surface area (Å²) in [5.41, 5.74) is -1.39. The van der Waals surface area contributed by atoms with Crippen molar-refractivity contribution in [3.63, 3.8) is 0 Å². The minimum absolute atomic E-state index is 0.256. The number of ether oxygens (including phenoxy) is 3. The SMILES string of the molecule is COC(=O)C1=C(C(=O)OC)N(c2cc([N+](=O)[O-])ccc2OC(F)F)C=CC=C1. The Balaban J connectivity index is 2.77. The van der Waals surface area contributed by atoms with Crippen molar-refractivity contribution in [2.24, 2.45) is 0 Å². The van der Waals surface area contributed by atoms with E-state index in [2.05, 4.69) is 14.2 Å². The smallest absolute Gasteiger partial charge is 0.387 e. The molecule has 0 radical (unpaired) electrons. The zero-order valence-corrected chi connectivity index (χ0v) is 14.6. The maximum atomic E-state index is 12.8. The molecule has 1 aromatic rings. The molecule has 0 spiro atoms. The van der Waals surface area contributed by atoms with Gasteiger partial charge in [-0.2, -0.15) is 8.78 Å². The molecule has 0 saturated carbocycles. The number of hydrogen-bond acceptors (Lipinski definition) is 8. The Bertz CT molecular complexity index is 893. The first-order valence-electron chi connectivity index (χ1n) is 7.58. The van der Waals surface area contributed by atoms with Gasteiger partial charge in [-0.25, -0.2) is 9.59 Å². The summed E-state index contributed by atoms with van der Waals surface area (Å²) < 4.78 is 39.4. The lowest BCUT2D eigenvalue weighted by Gasteiger charge is -2.24. The number of non-ortho nitro benzene ring substituents is 1. The topological polar surface area (TPSA) is 108 Å². The highest BCUT2D eigenvalue weighted by Crippen LogP contribution is 2.37. The quantitative estimate of drug-likeness (QED) is 0.410. The Labute approximate surface area is 157 Å². The molecule has 28 heavy (non-hydrogen) atoms. The molecule has 2 rings (SSSR count). The number of benzene rings is 1. The zero-order chi connectivity index (χ0) is 20.8. The van der Waals surface area contributed by atoms with Crippen LogP contribution in [0.25, 0.3) is 0 Å². The van der Waals surface area contributed by atoms with E-state index in [0.717, 1.165) is 37.3 Å². The molecule has 1 aromatic carbocycles. The maximum absolute atomic E-state index is 12.8. The number of halogens is 2. The molecule has 11 heteroatoms. The van der Waals surface area contributed by atoms with E-state index in [9.17, 15) is 28.5 Å². The van der Waals surface area contributed by atoms with Crippen LogP contribution in [0.5, 0.6) is 5.75 Å². The lowest BCUT2D eigenvalue weighted by atomic mass is 10.1. The van der Waals surface area contributed by atoms with Gasteiger partial charge in [0, 0.05) is 18.3 Å². The Morgan fingerprint density at radius 2 is 1.82 bits per heavy atom. The van der Waals surface area contributed by atoms with Crippen LogP contribution >= 0.6 is 0 Å². The highest BCUT2D eigenvalue weighted by atomic mass is 19.3. The lowest BCUT2D eigenvalue weighted by molar-refractivity contribution is -0.384. The van der Waals surface area contributed by atoms with Crippen LogP contribution in [-0.4, -0.2) is 37.7 Å². The summed E-state index contributed by atoms with van der Waals surface area (Å²) in [4.78, 5) is 35.8. The summed E-state index contributed by atoms with van der Waals surface area (Å²) in [5, 5.41) is 11.1. The van der Waals surface area contributed by atoms with Crippen molar-refractivity contribution in [2.75, 3.05) is 19.1 Å². The maximum Gasteiger partial charge on any atom is 0.387 e. The summed E-state index contributed by atoms with van der Waals surface area (Å²) >= 11 is 0. The number of anilines is 1. The zero-order valence-electron chi connectivity index (χ0n) is 14.6. The molecule has 0 aliphatic carbocycles. The van der Waals surface area contributed by atoms with Crippen LogP contribution in [0.2, 0.25) is 0 Å². The second kappa shape index (κ2) is 8.75. The second-order valence-corrected chi connectivity index (χ2v) is 5.10. The van der Waals surface area contributed by atoms with E-state index in [0.29, 0.717) is 0 Å². The van der Waals surface area contributed by atoms with Crippen molar-refractivity contribution in [3.8, 4) is 5.75 Å². The van der Waals surface area contributed by atoms with Gasteiger partial charge >= 0.3 is 18.6 Å². The highest BCUT2D eigenvalue weighted by molar-refractivity contribution is 6.05. The summed E-state index contributed by atoms with van der Waals surface area (Å²) in [5.74, 6) is -2.38. The lowest BCUT2D eigenvalue weighted by Crippen LogP contribution is -2.27. The van der Waals surface area contributed by atoms with Crippen molar-refractivity contribution < 1.29 is 37.5 Å². The van der Waals surface area contributed by atoms with Crippen LogP contribution in [0.4, 0.5) is 20.2 Å². The minimum Gasteiger partial charge on any atom is -0.465 e. The standard InChI is InChI=1S/C17H14F2N2O7/c1-26-15(22)11-5-3-4-8-20(14(11)16(23)27-2)12-9-10(21(24)25)6-7-13(12)28-17(18)19/h3-9,17H,1-2H3. The summed E-state index contributed by atoms with van der Waals surface area (Å²) in [6.45, 7) is -3.24. The molecule has 9 nitrogen and oxygen atoms in total. The monoisotopic (exact) mass is 396 g/mol. The Kier molecular flexibility index (Phi) is 6.42. The van der Waals surface area contributed by atoms with Gasteiger partial charge in [0.15, 0.2) is 5.75 Å². The fourth-order valence-electron chi connectivity index (χ4n) is 2.35. The van der Waals surface area contributed by atoms with Crippen molar-refractivity contribution in [3.05, 3.63) is 64.0 Å². The van der Waals surface area contributed by atoms with Gasteiger partial charge in [0.1, 0.15) is 5.70 Å². The van der Waals surface area contributed by atoms with Gasteiger partial charge in [-0.05, 0) is 18.2 Å². The first-order valence-corrected chi connectivity index (χ1v) is 7.58.